The van der Waals surface area contributed by atoms with Crippen LogP contribution in [0.5, 0.6) is 0 Å². The topological polar surface area (TPSA) is 311 Å². The lowest BCUT2D eigenvalue weighted by atomic mass is 10.0. The highest BCUT2D eigenvalue weighted by Crippen LogP contribution is 2.32. The number of aromatic nitrogens is 4. The maximum absolute atomic E-state index is 13.4. The van der Waals surface area contributed by atoms with E-state index in [1.807, 2.05) is 60.7 Å². The Kier molecular flexibility index (Phi) is 29.7. The summed E-state index contributed by atoms with van der Waals surface area (Å²) in [4.78, 5) is 68.3. The van der Waals surface area contributed by atoms with Gasteiger partial charge < -0.3 is 21.3 Å². The number of benzene rings is 8. The van der Waals surface area contributed by atoms with Gasteiger partial charge in [-0.05, 0) is 208 Å². The van der Waals surface area contributed by atoms with E-state index in [2.05, 4.69) is 57.1 Å². The van der Waals surface area contributed by atoms with Gasteiger partial charge in [-0.25, -0.2) is 8.78 Å². The van der Waals surface area contributed by atoms with Crippen LogP contribution in [0.25, 0.3) is 0 Å². The first-order valence-corrected chi connectivity index (χ1v) is 35.9. The summed E-state index contributed by atoms with van der Waals surface area (Å²) in [6.45, 7) is 0. The minimum atomic E-state index is -1.09. The second kappa shape index (κ2) is 39.8. The standard InChI is InChI=1S/C21H12BrClN4O.C21H11Cl3N4O.C21H12Cl2N4O.C19H12Cl2F2N2O/c22-17-5-8-19(26-12-17)20(13-3-6-18(23)7-4-13)27-21(28)14-1-2-15(10-24)16(9-14)11-25;22-16-4-6-19(27-11-16)20(12-3-5-17(23)18(24)8-12)28-21(29)13-1-2-14(9-25)15(7-13)10-26;22-17-5-3-13(4-6-17)20(19-8-7-18(23)12-26-19)27-21(28)14-1-2-15(10-24)16(9-14)11-25;20-13-4-1-11(2-5-13)18(17-8-6-14(21)10-24-17)25-19(26)12-3-7-15(22)16(23)9-12/h1-9,12,20H,(H,27,28);1-8,11,20H,(H,28,29);1-9,12,20H,(H,27,28);1-10,18H,(H,25,26)/t3*20-;18-/m0000/s1. The van der Waals surface area contributed by atoms with Gasteiger partial charge in [0, 0.05) is 66.6 Å². The van der Waals surface area contributed by atoms with E-state index in [9.17, 15) is 43.7 Å². The van der Waals surface area contributed by atoms with Crippen LogP contribution in [0.2, 0.25) is 40.2 Å². The predicted molar refractivity (Wildman–Crippen MR) is 422 cm³/mol. The van der Waals surface area contributed by atoms with Crippen molar-refractivity contribution < 1.29 is 28.0 Å². The minimum Gasteiger partial charge on any atom is -0.340 e. The number of amides is 4. The Morgan fingerprint density at radius 3 is 0.856 bits per heavy atom. The maximum atomic E-state index is 13.4. The van der Waals surface area contributed by atoms with Crippen molar-refractivity contribution in [1.82, 2.24) is 41.2 Å². The molecule has 0 spiro atoms. The summed E-state index contributed by atoms with van der Waals surface area (Å²) in [5.41, 5.74) is 7.12. The van der Waals surface area contributed by atoms with E-state index >= 15 is 0 Å². The molecule has 4 aromatic heterocycles. The second-order valence-corrected chi connectivity index (χ2v) is 27.5. The number of carbonyl (C=O) groups excluding carboxylic acids is 4. The molecule has 4 heterocycles. The third-order valence-corrected chi connectivity index (χ3v) is 18.6. The summed E-state index contributed by atoms with van der Waals surface area (Å²) < 4.78 is 27.3. The van der Waals surface area contributed by atoms with Gasteiger partial charge in [0.1, 0.15) is 36.4 Å². The van der Waals surface area contributed by atoms with Crippen LogP contribution in [-0.4, -0.2) is 43.6 Å². The molecule has 0 saturated carbocycles. The number of hydrogen-bond donors (Lipinski definition) is 4. The summed E-state index contributed by atoms with van der Waals surface area (Å²) in [5, 5.41) is 70.0. The van der Waals surface area contributed by atoms with Crippen LogP contribution in [0.4, 0.5) is 8.78 Å². The minimum absolute atomic E-state index is 0.00294. The first-order valence-electron chi connectivity index (χ1n) is 32.1. The van der Waals surface area contributed by atoms with Gasteiger partial charge in [-0.15, -0.1) is 0 Å². The number of nitrogens with zero attached hydrogens (tertiary/aromatic N) is 10. The van der Waals surface area contributed by atoms with Crippen LogP contribution in [0, 0.1) is 79.6 Å². The Hall–Kier alpha value is -12.2. The van der Waals surface area contributed by atoms with E-state index in [-0.39, 0.29) is 61.5 Å². The number of carbonyl (C=O) groups is 4. The van der Waals surface area contributed by atoms with E-state index in [4.69, 9.17) is 109 Å². The molecule has 4 N–H and O–H groups in total. The van der Waals surface area contributed by atoms with Crippen molar-refractivity contribution in [3.8, 4) is 36.4 Å². The molecule has 0 unspecified atom stereocenters. The Labute approximate surface area is 682 Å². The highest BCUT2D eigenvalue weighted by molar-refractivity contribution is 9.10. The molecule has 12 aromatic rings. The van der Waals surface area contributed by atoms with Crippen LogP contribution < -0.4 is 21.3 Å². The molecule has 8 aromatic carbocycles. The van der Waals surface area contributed by atoms with Crippen molar-refractivity contribution in [3.05, 3.63) is 394 Å². The number of halogens is 11. The molecule has 0 aliphatic carbocycles. The lowest BCUT2D eigenvalue weighted by Crippen LogP contribution is -2.30. The van der Waals surface area contributed by atoms with E-state index < -0.39 is 53.5 Å². The van der Waals surface area contributed by atoms with Gasteiger partial charge in [0.15, 0.2) is 11.6 Å². The molecule has 29 heteroatoms. The summed E-state index contributed by atoms with van der Waals surface area (Å²) in [7, 11) is 0. The van der Waals surface area contributed by atoms with Gasteiger partial charge >= 0.3 is 0 Å². The molecule has 0 bridgehead atoms. The fourth-order valence-corrected chi connectivity index (χ4v) is 11.6. The van der Waals surface area contributed by atoms with Gasteiger partial charge in [-0.1, -0.05) is 135 Å². The SMILES string of the molecule is N#Cc1ccc(C(=O)N[C@@H](c2ccc(Cl)c(Cl)c2)c2ccc(Cl)cn2)cc1C#N.N#Cc1ccc(C(=O)N[C@@H](c2ccc(Cl)cc2)c2ccc(Br)cn2)cc1C#N.N#Cc1ccc(C(=O)N[C@@H](c2ccc(Cl)cc2)c2ccc(Cl)cn2)cc1C#N.O=C(N[C@@H](c1ccc(Cl)cc1)c1ccc(Cl)cn1)c1ccc(F)c(F)c1. The maximum Gasteiger partial charge on any atom is 0.252 e. The van der Waals surface area contributed by atoms with Crippen molar-refractivity contribution in [2.45, 2.75) is 24.2 Å². The average molecular weight is 1690 g/mol. The molecular weight excluding hydrogens is 1650 g/mol. The molecule has 18 nitrogen and oxygen atoms in total. The first-order chi connectivity index (χ1) is 53.4. The Morgan fingerprint density at radius 1 is 0.297 bits per heavy atom. The zero-order valence-corrected chi connectivity index (χ0v) is 64.2. The number of rotatable bonds is 16. The molecule has 111 heavy (non-hydrogen) atoms. The summed E-state index contributed by atoms with van der Waals surface area (Å²) in [6, 6.07) is 64.9. The van der Waals surface area contributed by atoms with Crippen molar-refractivity contribution in [2.24, 2.45) is 0 Å². The number of hydrogen-bond acceptors (Lipinski definition) is 14. The average Bonchev–Trinajstić information content (AvgIpc) is 0.822. The Morgan fingerprint density at radius 2 is 0.577 bits per heavy atom. The van der Waals surface area contributed by atoms with E-state index in [0.717, 1.165) is 33.3 Å². The van der Waals surface area contributed by atoms with Crippen molar-refractivity contribution >= 4 is 132 Å². The molecule has 4 amide bonds. The normalized spacial score (nSPS) is 11.3. The van der Waals surface area contributed by atoms with E-state index in [1.54, 1.807) is 121 Å². The van der Waals surface area contributed by atoms with Crippen molar-refractivity contribution in [3.63, 3.8) is 0 Å². The van der Waals surface area contributed by atoms with Gasteiger partial charge in [0.2, 0.25) is 0 Å². The van der Waals surface area contributed by atoms with E-state index in [0.29, 0.717) is 68.5 Å². The number of nitrogens with one attached hydrogen (secondary N) is 4. The summed E-state index contributed by atoms with van der Waals surface area (Å²) in [6.07, 6.45) is 6.09. The van der Waals surface area contributed by atoms with Crippen molar-refractivity contribution in [1.29, 1.82) is 31.6 Å². The van der Waals surface area contributed by atoms with Gasteiger partial charge in [-0.2, -0.15) is 31.6 Å². The largest absolute Gasteiger partial charge is 0.340 e. The third kappa shape index (κ3) is 22.7. The first kappa shape index (κ1) is 82.9. The van der Waals surface area contributed by atoms with Gasteiger partial charge in [0.05, 0.1) is 105 Å². The predicted octanol–water partition coefficient (Wildman–Crippen LogP) is 19.9. The van der Waals surface area contributed by atoms with Crippen LogP contribution in [-0.2, 0) is 0 Å². The Bertz CT molecular complexity index is 5390. The highest BCUT2D eigenvalue weighted by atomic mass is 79.9. The molecule has 0 saturated heterocycles. The zero-order chi connectivity index (χ0) is 79.8. The van der Waals surface area contributed by atoms with Crippen LogP contribution in [0.15, 0.2) is 242 Å². The van der Waals surface area contributed by atoms with Gasteiger partial charge in [-0.3, -0.25) is 39.1 Å². The molecule has 546 valence electrons. The monoisotopic (exact) mass is 1690 g/mol. The lowest BCUT2D eigenvalue weighted by molar-refractivity contribution is 0.0933. The molecule has 0 fully saturated rings. The quantitative estimate of drug-likeness (QED) is 0.0699. The highest BCUT2D eigenvalue weighted by Gasteiger charge is 2.26. The van der Waals surface area contributed by atoms with Crippen LogP contribution in [0.1, 0.15) is 144 Å². The molecule has 4 atom stereocenters. The molecular formula is C82H47BrCl8F2N14O4. The zero-order valence-electron chi connectivity index (χ0n) is 56.6. The van der Waals surface area contributed by atoms with Crippen molar-refractivity contribution in [2.75, 3.05) is 0 Å². The molecule has 0 aliphatic rings. The Balaban J connectivity index is 0.000000170. The smallest absolute Gasteiger partial charge is 0.252 e. The van der Waals surface area contributed by atoms with Crippen LogP contribution in [0.3, 0.4) is 0 Å². The summed E-state index contributed by atoms with van der Waals surface area (Å²) in [5.74, 6) is -3.91. The van der Waals surface area contributed by atoms with Gasteiger partial charge in [0.25, 0.3) is 23.6 Å². The van der Waals surface area contributed by atoms with E-state index in [1.165, 1.54) is 79.3 Å². The fraction of sp³-hybridized carbons (Fsp3) is 0.0488. The number of pyridine rings is 4. The molecule has 0 aliphatic heterocycles. The lowest BCUT2D eigenvalue weighted by Gasteiger charge is -2.20. The van der Waals surface area contributed by atoms with Crippen LogP contribution >= 0.6 is 109 Å². The summed E-state index contributed by atoms with van der Waals surface area (Å²) >= 11 is 51.1. The fourth-order valence-electron chi connectivity index (χ4n) is 10.3. The second-order valence-electron chi connectivity index (χ2n) is 23.1. The third-order valence-electron chi connectivity index (χ3n) is 15.9. The molecule has 0 radical (unpaired) electrons. The molecule has 12 rings (SSSR count). The number of nitriles is 6.